The Morgan fingerprint density at radius 1 is 0.727 bits per heavy atom. The van der Waals surface area contributed by atoms with E-state index in [0.717, 1.165) is 12.8 Å². The SMILES string of the molecule is CCCCCCCCCCCCCCCCCCCC/C=C/C(=O)N(C)CCS(=O)(=O)[O-].[K+]. The van der Waals surface area contributed by atoms with Crippen LogP contribution < -0.4 is 51.4 Å². The third-order valence-corrected chi connectivity index (χ3v) is 6.72. The fourth-order valence-electron chi connectivity index (χ4n) is 3.83. The third kappa shape index (κ3) is 28.9. The molecule has 0 aliphatic rings. The summed E-state index contributed by atoms with van der Waals surface area (Å²) < 4.78 is 31.8. The van der Waals surface area contributed by atoms with Crippen LogP contribution in [0.1, 0.15) is 129 Å². The van der Waals surface area contributed by atoms with Crippen molar-refractivity contribution in [3.8, 4) is 0 Å². The van der Waals surface area contributed by atoms with Gasteiger partial charge < -0.3 is 9.45 Å². The molecule has 0 saturated carbocycles. The van der Waals surface area contributed by atoms with Crippen LogP contribution in [0.4, 0.5) is 0 Å². The molecule has 0 atom stereocenters. The summed E-state index contributed by atoms with van der Waals surface area (Å²) in [5.41, 5.74) is 0. The van der Waals surface area contributed by atoms with Crippen molar-refractivity contribution in [3.63, 3.8) is 0 Å². The molecule has 0 aliphatic heterocycles. The number of likely N-dealkylation sites (N-methyl/N-ethyl adjacent to an activating group) is 1. The molecule has 0 aromatic carbocycles. The Morgan fingerprint density at radius 3 is 1.45 bits per heavy atom. The fourth-order valence-corrected chi connectivity index (χ4v) is 4.33. The van der Waals surface area contributed by atoms with E-state index in [0.29, 0.717) is 0 Å². The van der Waals surface area contributed by atoms with Crippen molar-refractivity contribution >= 4 is 16.0 Å². The van der Waals surface area contributed by atoms with Crippen LogP contribution in [0.25, 0.3) is 0 Å². The van der Waals surface area contributed by atoms with Gasteiger partial charge in [-0.25, -0.2) is 8.42 Å². The van der Waals surface area contributed by atoms with Crippen LogP contribution in [-0.4, -0.2) is 43.1 Å². The van der Waals surface area contributed by atoms with Crippen molar-refractivity contribution in [2.24, 2.45) is 0 Å². The van der Waals surface area contributed by atoms with Gasteiger partial charge in [0.05, 0.1) is 15.9 Å². The summed E-state index contributed by atoms with van der Waals surface area (Å²) in [7, 11) is -2.77. The fraction of sp³-hybridized carbons (Fsp3) is 0.885. The van der Waals surface area contributed by atoms with E-state index < -0.39 is 15.9 Å². The number of hydrogen-bond donors (Lipinski definition) is 0. The first-order valence-corrected chi connectivity index (χ1v) is 14.8. The summed E-state index contributed by atoms with van der Waals surface area (Å²) in [6.07, 6.45) is 28.6. The van der Waals surface area contributed by atoms with Gasteiger partial charge in [-0.1, -0.05) is 122 Å². The van der Waals surface area contributed by atoms with Gasteiger partial charge in [-0.3, -0.25) is 4.79 Å². The predicted octanol–water partition coefficient (Wildman–Crippen LogP) is 3.98. The number of allylic oxidation sites excluding steroid dienone is 1. The van der Waals surface area contributed by atoms with Gasteiger partial charge in [-0.15, -0.1) is 0 Å². The van der Waals surface area contributed by atoms with Gasteiger partial charge in [0.25, 0.3) is 0 Å². The Balaban J connectivity index is 0. The first-order chi connectivity index (χ1) is 15.4. The molecule has 0 radical (unpaired) electrons. The molecule has 33 heavy (non-hydrogen) atoms. The monoisotopic (exact) mass is 511 g/mol. The summed E-state index contributed by atoms with van der Waals surface area (Å²) in [6.45, 7) is 2.21. The zero-order valence-electron chi connectivity index (χ0n) is 22.0. The van der Waals surface area contributed by atoms with Crippen LogP contribution in [0.5, 0.6) is 0 Å². The van der Waals surface area contributed by atoms with E-state index in [1.54, 1.807) is 0 Å². The molecule has 0 aliphatic carbocycles. The minimum atomic E-state index is -4.28. The molecule has 5 nitrogen and oxygen atoms in total. The number of unbranched alkanes of at least 4 members (excludes halogenated alkanes) is 18. The minimum absolute atomic E-state index is 0. The standard InChI is InChI=1S/C26H51NO4S.K/c1-3-4-5-6-7-8-9-10-11-12-13-14-15-16-17-18-19-20-21-22-23-26(28)27(2)24-25-32(29,30)31;/h22-23H,3-21,24-25H2,1-2H3,(H,29,30,31);/q;+1/p-1/b23-22+;. The number of nitrogens with zero attached hydrogens (tertiary/aromatic N) is 1. The van der Waals surface area contributed by atoms with Crippen molar-refractivity contribution in [2.75, 3.05) is 19.3 Å². The minimum Gasteiger partial charge on any atom is -0.748 e. The van der Waals surface area contributed by atoms with Gasteiger partial charge in [0.1, 0.15) is 0 Å². The van der Waals surface area contributed by atoms with E-state index in [1.807, 2.05) is 6.08 Å². The van der Waals surface area contributed by atoms with Crippen LogP contribution >= 0.6 is 0 Å². The average molecular weight is 512 g/mol. The molecule has 0 bridgehead atoms. The van der Waals surface area contributed by atoms with Crippen molar-refractivity contribution in [3.05, 3.63) is 12.2 Å². The van der Waals surface area contributed by atoms with E-state index >= 15 is 0 Å². The van der Waals surface area contributed by atoms with Gasteiger partial charge >= 0.3 is 51.4 Å². The Hall–Kier alpha value is 0.756. The topological polar surface area (TPSA) is 77.5 Å². The summed E-state index contributed by atoms with van der Waals surface area (Å²) in [5.74, 6) is -0.793. The third-order valence-electron chi connectivity index (χ3n) is 6.04. The number of amides is 1. The zero-order valence-corrected chi connectivity index (χ0v) is 25.9. The van der Waals surface area contributed by atoms with Gasteiger partial charge in [0.15, 0.2) is 0 Å². The molecule has 0 aromatic heterocycles. The van der Waals surface area contributed by atoms with Gasteiger partial charge in [0, 0.05) is 13.6 Å². The van der Waals surface area contributed by atoms with Gasteiger partial charge in [0.2, 0.25) is 5.91 Å². The second-order valence-corrected chi connectivity index (χ2v) is 10.7. The quantitative estimate of drug-likeness (QED) is 0.0900. The molecular weight excluding hydrogens is 461 g/mol. The molecule has 0 rings (SSSR count). The van der Waals surface area contributed by atoms with Gasteiger partial charge in [-0.2, -0.15) is 0 Å². The maximum atomic E-state index is 11.8. The molecule has 0 N–H and O–H groups in total. The number of hydrogen-bond acceptors (Lipinski definition) is 4. The largest absolute Gasteiger partial charge is 1.00 e. The molecule has 0 fully saturated rings. The maximum Gasteiger partial charge on any atom is 1.00 e. The molecule has 0 aromatic rings. The maximum absolute atomic E-state index is 11.8. The zero-order chi connectivity index (χ0) is 23.9. The van der Waals surface area contributed by atoms with Crippen molar-refractivity contribution in [1.29, 1.82) is 0 Å². The van der Waals surface area contributed by atoms with Gasteiger partial charge in [-0.05, 0) is 18.9 Å². The van der Waals surface area contributed by atoms with Crippen molar-refractivity contribution in [2.45, 2.75) is 129 Å². The Bertz CT molecular complexity index is 567. The summed E-state index contributed by atoms with van der Waals surface area (Å²) in [4.78, 5) is 13.1. The molecule has 7 heteroatoms. The second kappa shape index (κ2) is 25.8. The van der Waals surface area contributed by atoms with Crippen molar-refractivity contribution in [1.82, 2.24) is 4.90 Å². The van der Waals surface area contributed by atoms with E-state index in [1.165, 1.54) is 127 Å². The van der Waals surface area contributed by atoms with Crippen LogP contribution in [0.2, 0.25) is 0 Å². The molecule has 0 unspecified atom stereocenters. The average Bonchev–Trinajstić information content (AvgIpc) is 2.75. The molecule has 0 heterocycles. The van der Waals surface area contributed by atoms with E-state index in [2.05, 4.69) is 6.92 Å². The number of rotatable bonds is 23. The van der Waals surface area contributed by atoms with Crippen LogP contribution in [0, 0.1) is 0 Å². The molecule has 1 amide bonds. The molecule has 0 spiro atoms. The Labute approximate surface area is 248 Å². The first kappa shape index (κ1) is 35.9. The summed E-state index contributed by atoms with van der Waals surface area (Å²) in [6, 6.07) is 0. The smallest absolute Gasteiger partial charge is 0.748 e. The normalized spacial score (nSPS) is 11.6. The Kier molecular flexibility index (Phi) is 28.1. The van der Waals surface area contributed by atoms with Crippen molar-refractivity contribution < 1.29 is 69.1 Å². The molecular formula is C26H50KNO4S. The van der Waals surface area contributed by atoms with Crippen LogP contribution in [0.3, 0.4) is 0 Å². The predicted molar refractivity (Wildman–Crippen MR) is 135 cm³/mol. The summed E-state index contributed by atoms with van der Waals surface area (Å²) in [5, 5.41) is 0. The molecule has 0 saturated heterocycles. The Morgan fingerprint density at radius 2 is 1.09 bits per heavy atom. The first-order valence-electron chi connectivity index (χ1n) is 13.2. The van der Waals surface area contributed by atoms with E-state index in [4.69, 9.17) is 0 Å². The van der Waals surface area contributed by atoms with Crippen LogP contribution in [0.15, 0.2) is 12.2 Å². The summed E-state index contributed by atoms with van der Waals surface area (Å²) >= 11 is 0. The molecule has 190 valence electrons. The number of carbonyl (C=O) groups excluding carboxylic acids is 1. The number of carbonyl (C=O) groups is 1. The van der Waals surface area contributed by atoms with E-state index in [-0.39, 0.29) is 63.8 Å². The van der Waals surface area contributed by atoms with E-state index in [9.17, 15) is 17.8 Å². The van der Waals surface area contributed by atoms with Crippen LogP contribution in [-0.2, 0) is 14.9 Å². The second-order valence-electron chi connectivity index (χ2n) is 9.22.